The first kappa shape index (κ1) is 23.2. The molecule has 12 heteroatoms. The number of carbonyl (C=O) groups is 1. The van der Waals surface area contributed by atoms with Crippen LogP contribution >= 0.6 is 12.4 Å². The molecule has 1 saturated heterocycles. The van der Waals surface area contributed by atoms with E-state index in [9.17, 15) is 29.0 Å². The number of nitrogens with two attached hydrogens (primary N) is 1. The molecule has 5 N–H and O–H groups in total. The van der Waals surface area contributed by atoms with Crippen molar-refractivity contribution in [1.29, 1.82) is 0 Å². The van der Waals surface area contributed by atoms with Crippen LogP contribution in [0, 0.1) is 11.7 Å². The summed E-state index contributed by atoms with van der Waals surface area (Å²) in [5.74, 6) is -2.07. The number of aliphatic hydroxyl groups excluding tert-OH is 2. The number of hydrogen-bond donors (Lipinski definition) is 4. The minimum atomic E-state index is -1.61. The molecule has 0 aliphatic carbocycles. The van der Waals surface area contributed by atoms with Crippen molar-refractivity contribution in [2.45, 2.75) is 50.8 Å². The van der Waals surface area contributed by atoms with Gasteiger partial charge < -0.3 is 25.4 Å². The fraction of sp³-hybridized carbons (Fsp3) is 0.667. The summed E-state index contributed by atoms with van der Waals surface area (Å²) >= 11 is 0. The van der Waals surface area contributed by atoms with Gasteiger partial charge in [-0.15, -0.1) is 12.4 Å². The molecule has 0 radical (unpaired) electrons. The molecule has 27 heavy (non-hydrogen) atoms. The van der Waals surface area contributed by atoms with E-state index in [0.29, 0.717) is 17.2 Å². The van der Waals surface area contributed by atoms with Gasteiger partial charge in [0, 0.05) is 0 Å². The first-order chi connectivity index (χ1) is 12.2. The molecule has 2 rings (SSSR count). The average Bonchev–Trinajstić information content (AvgIpc) is 2.89. The quantitative estimate of drug-likeness (QED) is 0.418. The summed E-state index contributed by atoms with van der Waals surface area (Å²) in [6, 6.07) is -0.852. The van der Waals surface area contributed by atoms with E-state index in [0.717, 1.165) is 0 Å². The lowest BCUT2D eigenvalue weighted by Gasteiger charge is -2.19. The van der Waals surface area contributed by atoms with Crippen molar-refractivity contribution in [1.82, 2.24) is 9.55 Å². The molecule has 0 saturated carbocycles. The predicted octanol–water partition coefficient (Wildman–Crippen LogP) is -1.37. The Morgan fingerprint density at radius 1 is 1.44 bits per heavy atom. The third kappa shape index (κ3) is 4.93. The summed E-state index contributed by atoms with van der Waals surface area (Å²) in [6.07, 6.45) is -4.50. The number of ether oxygens (including phenoxy) is 2. The van der Waals surface area contributed by atoms with Gasteiger partial charge in [0.05, 0.1) is 6.20 Å². The topological polar surface area (TPSA) is 157 Å². The first-order valence-electron chi connectivity index (χ1n) is 8.12. The highest BCUT2D eigenvalue weighted by Gasteiger charge is 2.45. The van der Waals surface area contributed by atoms with E-state index in [1.165, 1.54) is 0 Å². The molecule has 1 aromatic heterocycles. The molecule has 2 unspecified atom stereocenters. The third-order valence-electron chi connectivity index (χ3n) is 4.45. The number of H-pyrrole nitrogens is 1. The molecule has 0 amide bonds. The summed E-state index contributed by atoms with van der Waals surface area (Å²) in [5, 5.41) is 20.1. The zero-order valence-corrected chi connectivity index (χ0v) is 15.5. The van der Waals surface area contributed by atoms with E-state index in [4.69, 9.17) is 15.2 Å². The van der Waals surface area contributed by atoms with Crippen LogP contribution in [0.1, 0.15) is 26.5 Å². The van der Waals surface area contributed by atoms with Crippen molar-refractivity contribution in [2.24, 2.45) is 11.7 Å². The van der Waals surface area contributed by atoms with Crippen molar-refractivity contribution in [3.63, 3.8) is 0 Å². The number of aromatic amines is 1. The Kier molecular flexibility index (Phi) is 8.11. The second-order valence-electron chi connectivity index (χ2n) is 6.23. The summed E-state index contributed by atoms with van der Waals surface area (Å²) in [7, 11) is 0. The lowest BCUT2D eigenvalue weighted by atomic mass is 10.0. The highest BCUT2D eigenvalue weighted by atomic mass is 35.5. The van der Waals surface area contributed by atoms with E-state index in [2.05, 4.69) is 0 Å². The molecule has 0 aromatic carbocycles. The van der Waals surface area contributed by atoms with Crippen molar-refractivity contribution in [3.8, 4) is 0 Å². The van der Waals surface area contributed by atoms with Crippen LogP contribution in [0.5, 0.6) is 0 Å². The van der Waals surface area contributed by atoms with Gasteiger partial charge in [-0.05, 0) is 5.92 Å². The minimum absolute atomic E-state index is 0. The average molecular weight is 412 g/mol. The third-order valence-corrected chi connectivity index (χ3v) is 4.45. The number of hydrogen-bond acceptors (Lipinski definition) is 8. The normalized spacial score (nSPS) is 26.9. The molecule has 6 atom stereocenters. The molecule has 1 fully saturated rings. The van der Waals surface area contributed by atoms with Crippen LogP contribution in [0.3, 0.4) is 0 Å². The smallest absolute Gasteiger partial charge is 0.330 e. The van der Waals surface area contributed by atoms with Crippen molar-refractivity contribution >= 4 is 18.4 Å². The van der Waals surface area contributed by atoms with Crippen LogP contribution in [0.4, 0.5) is 4.39 Å². The monoisotopic (exact) mass is 411 g/mol. The van der Waals surface area contributed by atoms with E-state index in [1.54, 1.807) is 11.9 Å². The van der Waals surface area contributed by atoms with Crippen LogP contribution in [0.15, 0.2) is 15.8 Å². The lowest BCUT2D eigenvalue weighted by Crippen LogP contribution is -2.41. The van der Waals surface area contributed by atoms with Crippen LogP contribution in [0.2, 0.25) is 0 Å². The number of nitrogens with zero attached hydrogens (tertiary/aromatic N) is 1. The maximum absolute atomic E-state index is 13.4. The molecular formula is C15H23ClFN3O7. The summed E-state index contributed by atoms with van der Waals surface area (Å²) in [6.45, 7) is 3.23. The molecule has 10 nitrogen and oxygen atoms in total. The highest BCUT2D eigenvalue weighted by Crippen LogP contribution is 2.28. The van der Waals surface area contributed by atoms with E-state index in [-0.39, 0.29) is 18.3 Å². The van der Waals surface area contributed by atoms with Gasteiger partial charge in [-0.1, -0.05) is 20.3 Å². The van der Waals surface area contributed by atoms with Gasteiger partial charge in [-0.3, -0.25) is 19.1 Å². The second-order valence-corrected chi connectivity index (χ2v) is 6.23. The molecule has 0 spiro atoms. The number of esters is 1. The maximum atomic E-state index is 13.4. The Hall–Kier alpha value is -1.79. The Labute approximate surface area is 159 Å². The summed E-state index contributed by atoms with van der Waals surface area (Å²) < 4.78 is 24.3. The van der Waals surface area contributed by atoms with Gasteiger partial charge in [0.2, 0.25) is 5.82 Å². The number of aromatic nitrogens is 2. The summed E-state index contributed by atoms with van der Waals surface area (Å²) in [5.41, 5.74) is 3.50. The second kappa shape index (κ2) is 9.42. The molecule has 1 aliphatic rings. The number of carbonyl (C=O) groups excluding carboxylic acids is 1. The Morgan fingerprint density at radius 2 is 2.07 bits per heavy atom. The molecular weight excluding hydrogens is 389 g/mol. The Bertz CT molecular complexity index is 771. The first-order valence-corrected chi connectivity index (χ1v) is 8.12. The molecule has 1 aromatic rings. The van der Waals surface area contributed by atoms with Crippen LogP contribution in [-0.2, 0) is 14.3 Å². The molecule has 154 valence electrons. The molecule has 2 heterocycles. The minimum Gasteiger partial charge on any atom is -0.462 e. The van der Waals surface area contributed by atoms with E-state index >= 15 is 0 Å². The van der Waals surface area contributed by atoms with Gasteiger partial charge in [0.15, 0.2) is 6.23 Å². The van der Waals surface area contributed by atoms with Gasteiger partial charge >= 0.3 is 11.7 Å². The van der Waals surface area contributed by atoms with Crippen LogP contribution < -0.4 is 17.0 Å². The van der Waals surface area contributed by atoms with Gasteiger partial charge in [-0.2, -0.15) is 4.39 Å². The van der Waals surface area contributed by atoms with Gasteiger partial charge in [-0.25, -0.2) is 4.79 Å². The zero-order chi connectivity index (χ0) is 19.6. The van der Waals surface area contributed by atoms with Crippen molar-refractivity contribution in [2.75, 3.05) is 6.61 Å². The largest absolute Gasteiger partial charge is 0.462 e. The van der Waals surface area contributed by atoms with Gasteiger partial charge in [0.1, 0.15) is 31.0 Å². The SMILES string of the molecule is CC[C@H](C)[C@H](N)C(=O)OC[C@@H]1O[C@H](n2cc(F)c(=O)[nH]c2=O)C(O)C1O.Cl. The highest BCUT2D eigenvalue weighted by molar-refractivity contribution is 5.85. The lowest BCUT2D eigenvalue weighted by molar-refractivity contribution is -0.153. The van der Waals surface area contributed by atoms with Crippen LogP contribution in [0.25, 0.3) is 0 Å². The van der Waals surface area contributed by atoms with Crippen molar-refractivity contribution in [3.05, 3.63) is 32.9 Å². The predicted molar refractivity (Wildman–Crippen MR) is 92.8 cm³/mol. The number of halogens is 2. The molecule has 1 aliphatic heterocycles. The zero-order valence-electron chi connectivity index (χ0n) is 14.7. The molecule has 0 bridgehead atoms. The maximum Gasteiger partial charge on any atom is 0.330 e. The van der Waals surface area contributed by atoms with E-state index < -0.39 is 60.2 Å². The summed E-state index contributed by atoms with van der Waals surface area (Å²) in [4.78, 5) is 36.4. The number of nitrogens with one attached hydrogen (secondary N) is 1. The fourth-order valence-electron chi connectivity index (χ4n) is 2.49. The number of aliphatic hydroxyl groups is 2. The van der Waals surface area contributed by atoms with Crippen LogP contribution in [-0.4, -0.2) is 56.7 Å². The Morgan fingerprint density at radius 3 is 2.67 bits per heavy atom. The van der Waals surface area contributed by atoms with E-state index in [1.807, 2.05) is 6.92 Å². The Balaban J connectivity index is 0.00000364. The standard InChI is InChI=1S/C15H22FN3O7.ClH/c1-3-6(2)9(17)14(23)25-5-8-10(20)11(21)13(26-8)19-4-7(16)12(22)18-15(19)24;/h4,6,8-11,13,20-21H,3,5,17H2,1-2H3,(H,18,22,24);1H/t6-,8-,9-,10?,11?,13-;/m0./s1. The fourth-order valence-corrected chi connectivity index (χ4v) is 2.49. The van der Waals surface area contributed by atoms with Gasteiger partial charge in [0.25, 0.3) is 5.56 Å². The van der Waals surface area contributed by atoms with Crippen molar-refractivity contribution < 1.29 is 28.9 Å². The number of rotatable bonds is 6.